The van der Waals surface area contributed by atoms with Gasteiger partial charge in [0, 0.05) is 18.5 Å². The Morgan fingerprint density at radius 2 is 0.974 bits per heavy atom. The zero-order chi connectivity index (χ0) is 28.2. The highest BCUT2D eigenvalue weighted by molar-refractivity contribution is 8.04. The summed E-state index contributed by atoms with van der Waals surface area (Å²) in [6.07, 6.45) is 28.7. The van der Waals surface area contributed by atoms with Gasteiger partial charge in [0.15, 0.2) is 10.5 Å². The molecule has 0 saturated heterocycles. The third-order valence-corrected chi connectivity index (χ3v) is 9.33. The van der Waals surface area contributed by atoms with E-state index in [0.29, 0.717) is 23.7 Å². The highest BCUT2D eigenvalue weighted by Crippen LogP contribution is 2.39. The molecule has 0 rings (SSSR count). The molecule has 0 saturated carbocycles. The monoisotopic (exact) mass is 571 g/mol. The molecule has 0 aliphatic heterocycles. The van der Waals surface area contributed by atoms with Crippen LogP contribution in [0.2, 0.25) is 0 Å². The largest absolute Gasteiger partial charge is 0.380 e. The highest BCUT2D eigenvalue weighted by Gasteiger charge is 2.45. The standard InChI is InChI=1S/C32H65NO3SSi/c1-5-9-11-13-15-16-17-18-19-20-21-22-23-25-27-30(32(36-38,34-7-3)35-8-4)31(37-29-33)28-26-24-14-12-10-6-2/h30-31H,5-28H2,1-4,38H3. The van der Waals surface area contributed by atoms with E-state index in [4.69, 9.17) is 13.9 Å². The molecule has 0 spiro atoms. The molecule has 0 aliphatic rings. The Bertz CT molecular complexity index is 525. The lowest BCUT2D eigenvalue weighted by atomic mass is 9.91. The number of rotatable bonds is 30. The van der Waals surface area contributed by atoms with Crippen LogP contribution in [0.5, 0.6) is 0 Å². The molecule has 0 fully saturated rings. The summed E-state index contributed by atoms with van der Waals surface area (Å²) in [5.41, 5.74) is 0. The van der Waals surface area contributed by atoms with Crippen molar-refractivity contribution < 1.29 is 13.9 Å². The van der Waals surface area contributed by atoms with Crippen LogP contribution in [0, 0.1) is 16.6 Å². The predicted molar refractivity (Wildman–Crippen MR) is 170 cm³/mol. The van der Waals surface area contributed by atoms with E-state index in [1.807, 2.05) is 13.8 Å². The summed E-state index contributed by atoms with van der Waals surface area (Å²) >= 11 is 1.41. The van der Waals surface area contributed by atoms with Gasteiger partial charge in [0.25, 0.3) is 5.97 Å². The molecular weight excluding hydrogens is 507 g/mol. The number of thiocyanates is 1. The summed E-state index contributed by atoms with van der Waals surface area (Å²) in [6.45, 7) is 9.68. The topological polar surface area (TPSA) is 51.5 Å². The first-order valence-electron chi connectivity index (χ1n) is 16.5. The Kier molecular flexibility index (Phi) is 28.4. The Labute approximate surface area is 245 Å². The Balaban J connectivity index is 4.64. The predicted octanol–water partition coefficient (Wildman–Crippen LogP) is 9.83. The molecule has 0 radical (unpaired) electrons. The molecule has 0 N–H and O–H groups in total. The second-order valence-corrected chi connectivity index (χ2v) is 12.4. The third-order valence-electron chi connectivity index (χ3n) is 7.79. The van der Waals surface area contributed by atoms with Crippen molar-refractivity contribution >= 4 is 22.2 Å². The van der Waals surface area contributed by atoms with Crippen LogP contribution in [0.3, 0.4) is 0 Å². The second kappa shape index (κ2) is 28.5. The number of nitrogens with zero attached hydrogens (tertiary/aromatic N) is 1. The van der Waals surface area contributed by atoms with Crippen molar-refractivity contribution in [3.05, 3.63) is 0 Å². The minimum atomic E-state index is -0.997. The fourth-order valence-corrected chi connectivity index (χ4v) is 7.04. The number of hydrogen-bond donors (Lipinski definition) is 0. The van der Waals surface area contributed by atoms with Gasteiger partial charge in [-0.25, -0.2) is 0 Å². The molecule has 6 heteroatoms. The average Bonchev–Trinajstić information content (AvgIpc) is 2.92. The Morgan fingerprint density at radius 1 is 0.605 bits per heavy atom. The van der Waals surface area contributed by atoms with Crippen LogP contribution in [0.15, 0.2) is 0 Å². The molecule has 0 aromatic rings. The zero-order valence-corrected chi connectivity index (χ0v) is 29.0. The van der Waals surface area contributed by atoms with E-state index in [2.05, 4.69) is 19.2 Å². The lowest BCUT2D eigenvalue weighted by Gasteiger charge is -2.41. The van der Waals surface area contributed by atoms with Gasteiger partial charge in [-0.05, 0) is 38.5 Å². The van der Waals surface area contributed by atoms with Crippen LogP contribution in [-0.4, -0.2) is 34.9 Å². The fraction of sp³-hybridized carbons (Fsp3) is 0.969. The van der Waals surface area contributed by atoms with Crippen molar-refractivity contribution in [2.75, 3.05) is 13.2 Å². The van der Waals surface area contributed by atoms with E-state index >= 15 is 0 Å². The molecule has 0 aromatic heterocycles. The van der Waals surface area contributed by atoms with E-state index in [1.165, 1.54) is 127 Å². The lowest BCUT2D eigenvalue weighted by Crippen LogP contribution is -2.50. The first-order chi connectivity index (χ1) is 18.7. The van der Waals surface area contributed by atoms with Crippen LogP contribution >= 0.6 is 11.8 Å². The van der Waals surface area contributed by atoms with E-state index in [9.17, 15) is 5.26 Å². The van der Waals surface area contributed by atoms with Crippen molar-refractivity contribution in [3.63, 3.8) is 0 Å². The van der Waals surface area contributed by atoms with Crippen LogP contribution in [0.25, 0.3) is 0 Å². The lowest BCUT2D eigenvalue weighted by molar-refractivity contribution is -0.368. The summed E-state index contributed by atoms with van der Waals surface area (Å²) in [4.78, 5) is 0. The summed E-state index contributed by atoms with van der Waals surface area (Å²) in [7, 11) is 0.548. The van der Waals surface area contributed by atoms with E-state index in [-0.39, 0.29) is 11.2 Å². The molecule has 0 heterocycles. The molecule has 0 amide bonds. The van der Waals surface area contributed by atoms with Gasteiger partial charge < -0.3 is 13.9 Å². The van der Waals surface area contributed by atoms with Crippen LogP contribution in [0.4, 0.5) is 0 Å². The van der Waals surface area contributed by atoms with Crippen molar-refractivity contribution in [1.82, 2.24) is 0 Å². The summed E-state index contributed by atoms with van der Waals surface area (Å²) in [6, 6.07) is 0. The first kappa shape index (κ1) is 37.9. The fourth-order valence-electron chi connectivity index (χ4n) is 5.61. The van der Waals surface area contributed by atoms with Gasteiger partial charge in [0.1, 0.15) is 5.40 Å². The molecular formula is C32H65NO3SSi. The van der Waals surface area contributed by atoms with Crippen LogP contribution in [-0.2, 0) is 13.9 Å². The van der Waals surface area contributed by atoms with Gasteiger partial charge >= 0.3 is 0 Å². The molecule has 226 valence electrons. The number of hydrogen-bond acceptors (Lipinski definition) is 5. The maximum absolute atomic E-state index is 9.65. The molecule has 0 bridgehead atoms. The smallest absolute Gasteiger partial charge is 0.276 e. The third kappa shape index (κ3) is 19.1. The minimum Gasteiger partial charge on any atom is -0.380 e. The first-order valence-corrected chi connectivity index (χ1v) is 18.2. The second-order valence-electron chi connectivity index (χ2n) is 11.0. The minimum absolute atomic E-state index is 0.0810. The van der Waals surface area contributed by atoms with E-state index in [0.717, 1.165) is 25.7 Å². The van der Waals surface area contributed by atoms with Gasteiger partial charge in [0.2, 0.25) is 0 Å². The maximum atomic E-state index is 9.65. The van der Waals surface area contributed by atoms with Crippen molar-refractivity contribution in [3.8, 4) is 5.40 Å². The SMILES string of the molecule is CCCCCCCCCCCCCCCCC(C(CCCCCCCC)SC#N)C(O[SiH3])(OCC)OCC. The zero-order valence-electron chi connectivity index (χ0n) is 26.2. The van der Waals surface area contributed by atoms with Gasteiger partial charge in [-0.3, -0.25) is 0 Å². The van der Waals surface area contributed by atoms with Gasteiger partial charge in [-0.15, -0.1) is 0 Å². The molecule has 38 heavy (non-hydrogen) atoms. The molecule has 0 aliphatic carbocycles. The van der Waals surface area contributed by atoms with Crippen molar-refractivity contribution in [2.45, 2.75) is 180 Å². The maximum Gasteiger partial charge on any atom is 0.276 e. The summed E-state index contributed by atoms with van der Waals surface area (Å²) < 4.78 is 18.5. The quantitative estimate of drug-likeness (QED) is 0.0371. The van der Waals surface area contributed by atoms with E-state index in [1.54, 1.807) is 0 Å². The normalized spacial score (nSPS) is 13.6. The molecule has 0 aromatic carbocycles. The van der Waals surface area contributed by atoms with Gasteiger partial charge in [-0.1, -0.05) is 142 Å². The van der Waals surface area contributed by atoms with Crippen molar-refractivity contribution in [1.29, 1.82) is 5.26 Å². The van der Waals surface area contributed by atoms with Gasteiger partial charge in [0.05, 0.1) is 5.92 Å². The Hall–Kier alpha value is -0.0631. The highest BCUT2D eigenvalue weighted by atomic mass is 32.2. The van der Waals surface area contributed by atoms with E-state index < -0.39 is 5.97 Å². The van der Waals surface area contributed by atoms with Crippen LogP contribution in [0.1, 0.15) is 169 Å². The number of nitriles is 1. The summed E-state index contributed by atoms with van der Waals surface area (Å²) in [5, 5.41) is 12.2. The van der Waals surface area contributed by atoms with Crippen molar-refractivity contribution in [2.24, 2.45) is 5.92 Å². The Morgan fingerprint density at radius 3 is 1.32 bits per heavy atom. The molecule has 2 unspecified atom stereocenters. The van der Waals surface area contributed by atoms with Gasteiger partial charge in [-0.2, -0.15) is 5.26 Å². The number of unbranched alkanes of at least 4 members (excludes halogenated alkanes) is 18. The summed E-state index contributed by atoms with van der Waals surface area (Å²) in [5.74, 6) is -0.916. The molecule has 4 nitrogen and oxygen atoms in total. The van der Waals surface area contributed by atoms with Crippen LogP contribution < -0.4 is 0 Å². The number of thioether (sulfide) groups is 1. The molecule has 2 atom stereocenters. The average molecular weight is 572 g/mol. The number of ether oxygens (including phenoxy) is 2.